The second-order valence-electron chi connectivity index (χ2n) is 4.01. The number of nitrogens with zero attached hydrogens (tertiary/aromatic N) is 3. The number of rotatable bonds is 2. The minimum Gasteiger partial charge on any atom is -0.317 e. The predicted octanol–water partition coefficient (Wildman–Crippen LogP) is 2.61. The Morgan fingerprint density at radius 1 is 1.20 bits per heavy atom. The SMILES string of the molecule is CC(C)c1ccccc1-c1nncn1C. The van der Waals surface area contributed by atoms with Gasteiger partial charge in [-0.2, -0.15) is 0 Å². The molecule has 78 valence electrons. The fourth-order valence-electron chi connectivity index (χ4n) is 1.73. The zero-order valence-corrected chi connectivity index (χ0v) is 9.31. The molecule has 0 bridgehead atoms. The summed E-state index contributed by atoms with van der Waals surface area (Å²) < 4.78 is 1.95. The Morgan fingerprint density at radius 3 is 2.53 bits per heavy atom. The van der Waals surface area contributed by atoms with E-state index >= 15 is 0 Å². The van der Waals surface area contributed by atoms with E-state index in [0.717, 1.165) is 5.82 Å². The largest absolute Gasteiger partial charge is 0.317 e. The van der Waals surface area contributed by atoms with E-state index in [4.69, 9.17) is 0 Å². The van der Waals surface area contributed by atoms with Gasteiger partial charge in [-0.25, -0.2) is 0 Å². The smallest absolute Gasteiger partial charge is 0.163 e. The zero-order chi connectivity index (χ0) is 10.8. The molecule has 0 saturated carbocycles. The summed E-state index contributed by atoms with van der Waals surface area (Å²) in [5, 5.41) is 8.05. The molecule has 0 aliphatic heterocycles. The van der Waals surface area contributed by atoms with E-state index in [1.54, 1.807) is 6.33 Å². The molecule has 15 heavy (non-hydrogen) atoms. The molecule has 3 heteroatoms. The number of benzene rings is 1. The van der Waals surface area contributed by atoms with E-state index < -0.39 is 0 Å². The molecular formula is C12H15N3. The molecule has 0 N–H and O–H groups in total. The number of hydrogen-bond acceptors (Lipinski definition) is 2. The van der Waals surface area contributed by atoms with Crippen LogP contribution in [0.4, 0.5) is 0 Å². The fraction of sp³-hybridized carbons (Fsp3) is 0.333. The normalized spacial score (nSPS) is 10.9. The molecule has 0 spiro atoms. The van der Waals surface area contributed by atoms with E-state index in [9.17, 15) is 0 Å². The summed E-state index contributed by atoms with van der Waals surface area (Å²) in [5.74, 6) is 1.43. The fourth-order valence-corrected chi connectivity index (χ4v) is 1.73. The van der Waals surface area contributed by atoms with Gasteiger partial charge >= 0.3 is 0 Å². The van der Waals surface area contributed by atoms with Crippen LogP contribution < -0.4 is 0 Å². The Labute approximate surface area is 89.8 Å². The summed E-state index contributed by atoms with van der Waals surface area (Å²) in [4.78, 5) is 0. The molecule has 2 aromatic rings. The van der Waals surface area contributed by atoms with Gasteiger partial charge in [-0.3, -0.25) is 0 Å². The summed E-state index contributed by atoms with van der Waals surface area (Å²) >= 11 is 0. The summed E-state index contributed by atoms with van der Waals surface area (Å²) in [5.41, 5.74) is 2.49. The lowest BCUT2D eigenvalue weighted by Crippen LogP contribution is -1.97. The van der Waals surface area contributed by atoms with Gasteiger partial charge in [0.15, 0.2) is 5.82 Å². The number of aromatic nitrogens is 3. The van der Waals surface area contributed by atoms with Crippen molar-refractivity contribution >= 4 is 0 Å². The van der Waals surface area contributed by atoms with E-state index in [-0.39, 0.29) is 0 Å². The number of hydrogen-bond donors (Lipinski definition) is 0. The first kappa shape index (κ1) is 9.90. The van der Waals surface area contributed by atoms with Crippen molar-refractivity contribution in [2.45, 2.75) is 19.8 Å². The highest BCUT2D eigenvalue weighted by molar-refractivity contribution is 5.61. The Balaban J connectivity index is 2.58. The highest BCUT2D eigenvalue weighted by Gasteiger charge is 2.11. The van der Waals surface area contributed by atoms with Gasteiger partial charge in [-0.05, 0) is 11.5 Å². The van der Waals surface area contributed by atoms with E-state index in [1.807, 2.05) is 17.7 Å². The monoisotopic (exact) mass is 201 g/mol. The molecule has 0 atom stereocenters. The van der Waals surface area contributed by atoms with Gasteiger partial charge in [-0.1, -0.05) is 38.1 Å². The molecule has 0 unspecified atom stereocenters. The predicted molar refractivity (Wildman–Crippen MR) is 60.5 cm³/mol. The van der Waals surface area contributed by atoms with Crippen molar-refractivity contribution in [1.82, 2.24) is 14.8 Å². The summed E-state index contributed by atoms with van der Waals surface area (Å²) in [6, 6.07) is 8.35. The minimum absolute atomic E-state index is 0.498. The molecule has 2 rings (SSSR count). The highest BCUT2D eigenvalue weighted by atomic mass is 15.2. The molecule has 0 saturated heterocycles. The van der Waals surface area contributed by atoms with Crippen LogP contribution in [-0.2, 0) is 7.05 Å². The van der Waals surface area contributed by atoms with E-state index in [2.05, 4.69) is 42.2 Å². The zero-order valence-electron chi connectivity index (χ0n) is 9.31. The van der Waals surface area contributed by atoms with Crippen molar-refractivity contribution in [2.24, 2.45) is 7.05 Å². The standard InChI is InChI=1S/C12H15N3/c1-9(2)10-6-4-5-7-11(10)12-14-13-8-15(12)3/h4-9H,1-3H3. The topological polar surface area (TPSA) is 30.7 Å². The number of aryl methyl sites for hydroxylation is 1. The molecule has 0 aliphatic rings. The molecule has 0 radical (unpaired) electrons. The Bertz CT molecular complexity index is 457. The maximum atomic E-state index is 4.14. The van der Waals surface area contributed by atoms with Gasteiger partial charge < -0.3 is 4.57 Å². The maximum absolute atomic E-state index is 4.14. The lowest BCUT2D eigenvalue weighted by Gasteiger charge is -2.11. The van der Waals surface area contributed by atoms with Crippen LogP contribution in [0, 0.1) is 0 Å². The molecular weight excluding hydrogens is 186 g/mol. The molecule has 0 aliphatic carbocycles. The third-order valence-corrected chi connectivity index (χ3v) is 2.54. The summed E-state index contributed by atoms with van der Waals surface area (Å²) in [6.07, 6.45) is 1.73. The lowest BCUT2D eigenvalue weighted by atomic mass is 9.97. The van der Waals surface area contributed by atoms with Gasteiger partial charge in [0.25, 0.3) is 0 Å². The van der Waals surface area contributed by atoms with Crippen LogP contribution in [0.1, 0.15) is 25.3 Å². The van der Waals surface area contributed by atoms with Gasteiger partial charge in [-0.15, -0.1) is 10.2 Å². The molecule has 0 fully saturated rings. The third-order valence-electron chi connectivity index (χ3n) is 2.54. The first-order valence-electron chi connectivity index (χ1n) is 5.13. The van der Waals surface area contributed by atoms with Gasteiger partial charge in [0.05, 0.1) is 0 Å². The summed E-state index contributed by atoms with van der Waals surface area (Å²) in [6.45, 7) is 4.38. The third kappa shape index (κ3) is 1.77. The maximum Gasteiger partial charge on any atom is 0.163 e. The van der Waals surface area contributed by atoms with E-state index in [0.29, 0.717) is 5.92 Å². The second kappa shape index (κ2) is 3.85. The van der Waals surface area contributed by atoms with Crippen molar-refractivity contribution < 1.29 is 0 Å². The van der Waals surface area contributed by atoms with Crippen LogP contribution in [0.5, 0.6) is 0 Å². The molecule has 3 nitrogen and oxygen atoms in total. The first-order valence-corrected chi connectivity index (χ1v) is 5.13. The molecule has 1 aromatic carbocycles. The van der Waals surface area contributed by atoms with Crippen LogP contribution in [0.3, 0.4) is 0 Å². The van der Waals surface area contributed by atoms with Crippen molar-refractivity contribution in [3.8, 4) is 11.4 Å². The first-order chi connectivity index (χ1) is 7.20. The van der Waals surface area contributed by atoms with Crippen molar-refractivity contribution in [3.63, 3.8) is 0 Å². The lowest BCUT2D eigenvalue weighted by molar-refractivity contribution is 0.857. The minimum atomic E-state index is 0.498. The molecule has 1 aromatic heterocycles. The van der Waals surface area contributed by atoms with Gasteiger partial charge in [0.1, 0.15) is 6.33 Å². The summed E-state index contributed by atoms with van der Waals surface area (Å²) in [7, 11) is 1.96. The Morgan fingerprint density at radius 2 is 1.93 bits per heavy atom. The van der Waals surface area contributed by atoms with Crippen LogP contribution in [0.25, 0.3) is 11.4 Å². The van der Waals surface area contributed by atoms with Crippen molar-refractivity contribution in [2.75, 3.05) is 0 Å². The second-order valence-corrected chi connectivity index (χ2v) is 4.01. The quantitative estimate of drug-likeness (QED) is 0.747. The Kier molecular flexibility index (Phi) is 2.54. The van der Waals surface area contributed by atoms with Crippen molar-refractivity contribution in [3.05, 3.63) is 36.2 Å². The van der Waals surface area contributed by atoms with Crippen LogP contribution in [0.2, 0.25) is 0 Å². The van der Waals surface area contributed by atoms with Crippen LogP contribution in [0.15, 0.2) is 30.6 Å². The van der Waals surface area contributed by atoms with E-state index in [1.165, 1.54) is 11.1 Å². The highest BCUT2D eigenvalue weighted by Crippen LogP contribution is 2.26. The molecule has 1 heterocycles. The van der Waals surface area contributed by atoms with Gasteiger partial charge in [0, 0.05) is 12.6 Å². The van der Waals surface area contributed by atoms with Crippen LogP contribution >= 0.6 is 0 Å². The average molecular weight is 201 g/mol. The van der Waals surface area contributed by atoms with Crippen LogP contribution in [-0.4, -0.2) is 14.8 Å². The molecule has 0 amide bonds. The average Bonchev–Trinajstić information content (AvgIpc) is 2.64. The van der Waals surface area contributed by atoms with Crippen molar-refractivity contribution in [1.29, 1.82) is 0 Å². The van der Waals surface area contributed by atoms with Gasteiger partial charge in [0.2, 0.25) is 0 Å². The Hall–Kier alpha value is -1.64.